The van der Waals surface area contributed by atoms with Gasteiger partial charge in [-0.05, 0) is 136 Å². The lowest BCUT2D eigenvalue weighted by Gasteiger charge is -2.26. The van der Waals surface area contributed by atoms with Gasteiger partial charge in [-0.2, -0.15) is 0 Å². The summed E-state index contributed by atoms with van der Waals surface area (Å²) in [7, 11) is 0. The van der Waals surface area contributed by atoms with Crippen molar-refractivity contribution in [2.75, 3.05) is 4.90 Å². The standard InChI is InChI=1S/C50H45NO6/c1-3-49(54)56-46-29-15-38(16-30-46)36-9-23-43(24-10-36)51(42-21-7-35(8-22-42)37-11-25-44(52)26-12-37)41-19-5-34(6-20-41)33-48(39-13-27-45(53)28-14-39)40-17-31-47(32-18-40)57-50(55)4-2/h5-33,49-50,52-55H,3-4H2,1-2H3. The maximum Gasteiger partial charge on any atom is 0.197 e. The van der Waals surface area contributed by atoms with Crippen LogP contribution in [0.25, 0.3) is 33.9 Å². The number of phenolic OH excluding ortho intramolecular Hbond substituents is 2. The maximum absolute atomic E-state index is 10.0. The van der Waals surface area contributed by atoms with E-state index in [0.717, 1.165) is 61.6 Å². The Morgan fingerprint density at radius 1 is 0.456 bits per heavy atom. The van der Waals surface area contributed by atoms with Crippen LogP contribution in [0, 0.1) is 0 Å². The van der Waals surface area contributed by atoms with Gasteiger partial charge in [-0.25, -0.2) is 0 Å². The third kappa shape index (κ3) is 9.54. The first-order valence-corrected chi connectivity index (χ1v) is 19.1. The highest BCUT2D eigenvalue weighted by Crippen LogP contribution is 2.38. The van der Waals surface area contributed by atoms with Gasteiger partial charge in [0.15, 0.2) is 12.6 Å². The number of aliphatic hydroxyl groups excluding tert-OH is 2. The molecule has 0 aliphatic carbocycles. The summed E-state index contributed by atoms with van der Waals surface area (Å²) in [6, 6.07) is 54.9. The summed E-state index contributed by atoms with van der Waals surface area (Å²) in [5, 5.41) is 39.7. The second kappa shape index (κ2) is 17.8. The summed E-state index contributed by atoms with van der Waals surface area (Å²) in [6.45, 7) is 3.73. The van der Waals surface area contributed by atoms with Gasteiger partial charge in [0, 0.05) is 29.9 Å². The van der Waals surface area contributed by atoms with Crippen molar-refractivity contribution in [2.24, 2.45) is 0 Å². The van der Waals surface area contributed by atoms with Crippen LogP contribution in [0.4, 0.5) is 17.1 Å². The number of nitrogens with zero attached hydrogens (tertiary/aromatic N) is 1. The number of ether oxygens (including phenoxy) is 2. The molecular weight excluding hydrogens is 711 g/mol. The van der Waals surface area contributed by atoms with Crippen molar-refractivity contribution in [1.29, 1.82) is 0 Å². The van der Waals surface area contributed by atoms with Crippen molar-refractivity contribution < 1.29 is 29.9 Å². The predicted octanol–water partition coefficient (Wildman–Crippen LogP) is 11.7. The fourth-order valence-corrected chi connectivity index (χ4v) is 6.49. The van der Waals surface area contributed by atoms with E-state index >= 15 is 0 Å². The van der Waals surface area contributed by atoms with Crippen molar-refractivity contribution in [3.63, 3.8) is 0 Å². The minimum atomic E-state index is -0.865. The molecule has 0 saturated carbocycles. The van der Waals surface area contributed by atoms with E-state index in [9.17, 15) is 20.4 Å². The minimum absolute atomic E-state index is 0.194. The van der Waals surface area contributed by atoms with Crippen molar-refractivity contribution in [3.05, 3.63) is 187 Å². The van der Waals surface area contributed by atoms with Gasteiger partial charge >= 0.3 is 0 Å². The molecule has 0 aliphatic rings. The van der Waals surface area contributed by atoms with Gasteiger partial charge in [0.25, 0.3) is 0 Å². The van der Waals surface area contributed by atoms with Crippen LogP contribution < -0.4 is 14.4 Å². The highest BCUT2D eigenvalue weighted by molar-refractivity contribution is 5.92. The second-order valence-corrected chi connectivity index (χ2v) is 13.7. The van der Waals surface area contributed by atoms with Crippen molar-refractivity contribution in [1.82, 2.24) is 0 Å². The van der Waals surface area contributed by atoms with E-state index in [2.05, 4.69) is 83.8 Å². The first-order chi connectivity index (χ1) is 27.8. The largest absolute Gasteiger partial charge is 0.508 e. The molecule has 2 atom stereocenters. The van der Waals surface area contributed by atoms with Crippen LogP contribution in [0.2, 0.25) is 0 Å². The monoisotopic (exact) mass is 755 g/mol. The third-order valence-corrected chi connectivity index (χ3v) is 9.69. The highest BCUT2D eigenvalue weighted by atomic mass is 16.6. The zero-order valence-corrected chi connectivity index (χ0v) is 31.9. The van der Waals surface area contributed by atoms with Gasteiger partial charge in [0.05, 0.1) is 0 Å². The molecule has 7 rings (SSSR count). The summed E-state index contributed by atoms with van der Waals surface area (Å²) < 4.78 is 11.2. The van der Waals surface area contributed by atoms with E-state index < -0.39 is 12.6 Å². The molecule has 0 aliphatic heterocycles. The van der Waals surface area contributed by atoms with E-state index in [1.54, 1.807) is 24.3 Å². The van der Waals surface area contributed by atoms with Gasteiger partial charge in [-0.3, -0.25) is 0 Å². The molecule has 0 fully saturated rings. The molecule has 0 amide bonds. The van der Waals surface area contributed by atoms with Gasteiger partial charge in [0.2, 0.25) is 0 Å². The lowest BCUT2D eigenvalue weighted by atomic mass is 9.95. The molecule has 0 heterocycles. The molecule has 0 bridgehead atoms. The molecule has 4 N–H and O–H groups in total. The second-order valence-electron chi connectivity index (χ2n) is 13.7. The van der Waals surface area contributed by atoms with E-state index in [1.165, 1.54) is 0 Å². The molecular formula is C50H45NO6. The Hall–Kier alpha value is -6.80. The molecule has 7 heteroatoms. The molecule has 286 valence electrons. The molecule has 0 radical (unpaired) electrons. The van der Waals surface area contributed by atoms with Crippen LogP contribution in [0.15, 0.2) is 170 Å². The van der Waals surface area contributed by atoms with Crippen molar-refractivity contribution in [2.45, 2.75) is 39.3 Å². The van der Waals surface area contributed by atoms with Crippen LogP contribution in [-0.2, 0) is 0 Å². The Balaban J connectivity index is 1.22. The Morgan fingerprint density at radius 2 is 0.772 bits per heavy atom. The number of anilines is 3. The van der Waals surface area contributed by atoms with E-state index in [1.807, 2.05) is 86.6 Å². The molecule has 0 saturated heterocycles. The number of rotatable bonds is 14. The highest BCUT2D eigenvalue weighted by Gasteiger charge is 2.15. The molecule has 2 unspecified atom stereocenters. The number of benzene rings is 7. The fraction of sp³-hybridized carbons (Fsp3) is 0.120. The van der Waals surface area contributed by atoms with Crippen molar-refractivity contribution in [3.8, 4) is 45.3 Å². The Morgan fingerprint density at radius 3 is 1.18 bits per heavy atom. The zero-order valence-electron chi connectivity index (χ0n) is 31.9. The average Bonchev–Trinajstić information content (AvgIpc) is 3.25. The number of hydrogen-bond donors (Lipinski definition) is 4. The number of aromatic hydroxyl groups is 2. The topological polar surface area (TPSA) is 103 Å². The fourth-order valence-electron chi connectivity index (χ4n) is 6.49. The predicted molar refractivity (Wildman–Crippen MR) is 229 cm³/mol. The van der Waals surface area contributed by atoms with E-state index in [4.69, 9.17) is 9.47 Å². The van der Waals surface area contributed by atoms with E-state index in [0.29, 0.717) is 24.3 Å². The Kier molecular flexibility index (Phi) is 12.0. The molecule has 0 spiro atoms. The molecule has 7 aromatic carbocycles. The van der Waals surface area contributed by atoms with Gasteiger partial charge in [-0.1, -0.05) is 98.8 Å². The number of hydrogen-bond acceptors (Lipinski definition) is 7. The zero-order chi connectivity index (χ0) is 39.7. The van der Waals surface area contributed by atoms with Crippen LogP contribution in [-0.4, -0.2) is 33.0 Å². The lowest BCUT2D eigenvalue weighted by molar-refractivity contribution is -0.0196. The van der Waals surface area contributed by atoms with Crippen LogP contribution in [0.1, 0.15) is 43.4 Å². The number of phenols is 2. The van der Waals surface area contributed by atoms with Crippen LogP contribution >= 0.6 is 0 Å². The molecule has 57 heavy (non-hydrogen) atoms. The summed E-state index contributed by atoms with van der Waals surface area (Å²) in [4.78, 5) is 2.21. The SMILES string of the molecule is CCC(O)Oc1ccc(C(=Cc2ccc(N(c3ccc(-c4ccc(O)cc4)cc3)c3ccc(-c4ccc(OC(O)CC)cc4)cc3)cc2)c2ccc(O)cc2)cc1. The maximum atomic E-state index is 10.0. The normalized spacial score (nSPS) is 12.5. The third-order valence-electron chi connectivity index (χ3n) is 9.69. The summed E-state index contributed by atoms with van der Waals surface area (Å²) in [5.41, 5.74) is 10.9. The first-order valence-electron chi connectivity index (χ1n) is 19.1. The average molecular weight is 756 g/mol. The minimum Gasteiger partial charge on any atom is -0.508 e. The van der Waals surface area contributed by atoms with Crippen LogP contribution in [0.3, 0.4) is 0 Å². The quantitative estimate of drug-likeness (QED) is 0.0647. The number of aliphatic hydroxyl groups is 2. The van der Waals surface area contributed by atoms with Gasteiger partial charge in [0.1, 0.15) is 23.0 Å². The van der Waals surface area contributed by atoms with Gasteiger partial charge < -0.3 is 34.8 Å². The van der Waals surface area contributed by atoms with Gasteiger partial charge in [-0.15, -0.1) is 0 Å². The lowest BCUT2D eigenvalue weighted by Crippen LogP contribution is -2.13. The Labute approximate surface area is 333 Å². The smallest absolute Gasteiger partial charge is 0.197 e. The molecule has 0 aromatic heterocycles. The molecule has 7 aromatic rings. The van der Waals surface area contributed by atoms with Crippen molar-refractivity contribution >= 4 is 28.7 Å². The van der Waals surface area contributed by atoms with E-state index in [-0.39, 0.29) is 11.5 Å². The Bertz CT molecular complexity index is 2370. The van der Waals surface area contributed by atoms with Crippen LogP contribution in [0.5, 0.6) is 23.0 Å². The molecule has 7 nitrogen and oxygen atoms in total. The summed E-state index contributed by atoms with van der Waals surface area (Å²) >= 11 is 0. The summed E-state index contributed by atoms with van der Waals surface area (Å²) in [6.07, 6.45) is 1.42. The first kappa shape index (κ1) is 38.5. The summed E-state index contributed by atoms with van der Waals surface area (Å²) in [5.74, 6) is 1.63.